The van der Waals surface area contributed by atoms with Crippen LogP contribution in [0.5, 0.6) is 5.75 Å². The molecule has 0 bridgehead atoms. The fraction of sp³-hybridized carbons (Fsp3) is 0.500. The molecular formula is C14H21NO4. The average Bonchev–Trinajstić information content (AvgIpc) is 2.34. The highest BCUT2D eigenvalue weighted by atomic mass is 16.6. The number of ether oxygens (including phenoxy) is 2. The van der Waals surface area contributed by atoms with E-state index in [1.165, 1.54) is 0 Å². The predicted octanol–water partition coefficient (Wildman–Crippen LogP) is 1.40. The van der Waals surface area contributed by atoms with Crippen molar-refractivity contribution in [2.45, 2.75) is 32.5 Å². The Morgan fingerprint density at radius 1 is 1.42 bits per heavy atom. The molecule has 0 fully saturated rings. The standard InChI is InChI=1S/C14H21NO4/c1-14(2,3)19-13(17)9-18-11-6-4-5-10(7-11)12(16)8-15/h4-7,12,16H,8-9,15H2,1-3H3. The summed E-state index contributed by atoms with van der Waals surface area (Å²) in [5.74, 6) is 0.0631. The Bertz CT molecular complexity index is 426. The van der Waals surface area contributed by atoms with Gasteiger partial charge in [-0.1, -0.05) is 12.1 Å². The summed E-state index contributed by atoms with van der Waals surface area (Å²) < 4.78 is 10.4. The molecule has 106 valence electrons. The van der Waals surface area contributed by atoms with Gasteiger partial charge in [-0.2, -0.15) is 0 Å². The van der Waals surface area contributed by atoms with Crippen LogP contribution in [0, 0.1) is 0 Å². The van der Waals surface area contributed by atoms with E-state index in [1.807, 2.05) is 0 Å². The zero-order chi connectivity index (χ0) is 14.5. The van der Waals surface area contributed by atoms with Gasteiger partial charge in [-0.3, -0.25) is 0 Å². The van der Waals surface area contributed by atoms with E-state index in [-0.39, 0.29) is 13.2 Å². The van der Waals surface area contributed by atoms with Gasteiger partial charge < -0.3 is 20.3 Å². The topological polar surface area (TPSA) is 81.8 Å². The second kappa shape index (κ2) is 6.54. The molecule has 5 heteroatoms. The van der Waals surface area contributed by atoms with E-state index in [1.54, 1.807) is 45.0 Å². The summed E-state index contributed by atoms with van der Waals surface area (Å²) >= 11 is 0. The second-order valence-electron chi connectivity index (χ2n) is 5.20. The van der Waals surface area contributed by atoms with Crippen LogP contribution in [0.15, 0.2) is 24.3 Å². The largest absolute Gasteiger partial charge is 0.482 e. The van der Waals surface area contributed by atoms with Gasteiger partial charge in [0, 0.05) is 6.54 Å². The molecule has 1 atom stereocenters. The Labute approximate surface area is 113 Å². The van der Waals surface area contributed by atoms with Crippen molar-refractivity contribution in [3.8, 4) is 5.75 Å². The lowest BCUT2D eigenvalue weighted by Gasteiger charge is -2.19. The summed E-state index contributed by atoms with van der Waals surface area (Å²) in [7, 11) is 0. The van der Waals surface area contributed by atoms with Crippen molar-refractivity contribution in [2.24, 2.45) is 5.73 Å². The number of rotatable bonds is 5. The van der Waals surface area contributed by atoms with E-state index in [4.69, 9.17) is 15.2 Å². The Morgan fingerprint density at radius 2 is 2.11 bits per heavy atom. The maximum atomic E-state index is 11.5. The van der Waals surface area contributed by atoms with E-state index in [9.17, 15) is 9.90 Å². The van der Waals surface area contributed by atoms with Gasteiger partial charge in [-0.25, -0.2) is 4.79 Å². The van der Waals surface area contributed by atoms with Crippen LogP contribution in [0.1, 0.15) is 32.4 Å². The molecule has 5 nitrogen and oxygen atoms in total. The van der Waals surface area contributed by atoms with E-state index in [0.29, 0.717) is 11.3 Å². The fourth-order valence-corrected chi connectivity index (χ4v) is 1.46. The normalized spacial score (nSPS) is 12.9. The van der Waals surface area contributed by atoms with Crippen molar-refractivity contribution in [2.75, 3.05) is 13.2 Å². The second-order valence-corrected chi connectivity index (χ2v) is 5.20. The molecule has 0 aromatic heterocycles. The minimum absolute atomic E-state index is 0.134. The van der Waals surface area contributed by atoms with Crippen molar-refractivity contribution in [1.29, 1.82) is 0 Å². The number of esters is 1. The molecule has 1 rings (SSSR count). The van der Waals surface area contributed by atoms with Gasteiger partial charge >= 0.3 is 5.97 Å². The molecule has 0 heterocycles. The summed E-state index contributed by atoms with van der Waals surface area (Å²) in [6.07, 6.45) is -0.731. The molecule has 0 saturated heterocycles. The van der Waals surface area contributed by atoms with Crippen LogP contribution >= 0.6 is 0 Å². The molecule has 0 spiro atoms. The minimum Gasteiger partial charge on any atom is -0.482 e. The molecule has 0 saturated carbocycles. The molecule has 0 amide bonds. The van der Waals surface area contributed by atoms with Crippen LogP contribution in [0.3, 0.4) is 0 Å². The van der Waals surface area contributed by atoms with E-state index in [2.05, 4.69) is 0 Å². The third-order valence-electron chi connectivity index (χ3n) is 2.24. The van der Waals surface area contributed by atoms with Crippen LogP contribution in [0.4, 0.5) is 0 Å². The molecule has 0 aliphatic carbocycles. The monoisotopic (exact) mass is 267 g/mol. The van der Waals surface area contributed by atoms with Crippen molar-refractivity contribution in [1.82, 2.24) is 0 Å². The SMILES string of the molecule is CC(C)(C)OC(=O)COc1cccc(C(O)CN)c1. The highest BCUT2D eigenvalue weighted by Gasteiger charge is 2.16. The van der Waals surface area contributed by atoms with Crippen molar-refractivity contribution >= 4 is 5.97 Å². The molecular weight excluding hydrogens is 246 g/mol. The molecule has 0 aliphatic heterocycles. The number of hydrogen-bond donors (Lipinski definition) is 2. The summed E-state index contributed by atoms with van der Waals surface area (Å²) in [6, 6.07) is 6.84. The van der Waals surface area contributed by atoms with Crippen LogP contribution in [0.25, 0.3) is 0 Å². The number of hydrogen-bond acceptors (Lipinski definition) is 5. The van der Waals surface area contributed by atoms with Crippen LogP contribution in [-0.2, 0) is 9.53 Å². The first-order valence-corrected chi connectivity index (χ1v) is 6.14. The first kappa shape index (κ1) is 15.5. The van der Waals surface area contributed by atoms with Gasteiger partial charge in [-0.05, 0) is 38.5 Å². The highest BCUT2D eigenvalue weighted by Crippen LogP contribution is 2.18. The highest BCUT2D eigenvalue weighted by molar-refractivity contribution is 5.71. The first-order chi connectivity index (χ1) is 8.81. The summed E-state index contributed by atoms with van der Waals surface area (Å²) in [5.41, 5.74) is 5.51. The predicted molar refractivity (Wildman–Crippen MR) is 71.8 cm³/mol. The van der Waals surface area contributed by atoms with Gasteiger partial charge in [-0.15, -0.1) is 0 Å². The van der Waals surface area contributed by atoms with Gasteiger partial charge in [0.05, 0.1) is 6.10 Å². The first-order valence-electron chi connectivity index (χ1n) is 6.14. The summed E-state index contributed by atoms with van der Waals surface area (Å²) in [4.78, 5) is 11.5. The molecule has 1 unspecified atom stereocenters. The Hall–Kier alpha value is -1.59. The third kappa shape index (κ3) is 5.72. The van der Waals surface area contributed by atoms with Crippen LogP contribution < -0.4 is 10.5 Å². The zero-order valence-electron chi connectivity index (χ0n) is 11.6. The molecule has 19 heavy (non-hydrogen) atoms. The van der Waals surface area contributed by atoms with Crippen molar-refractivity contribution in [3.63, 3.8) is 0 Å². The van der Waals surface area contributed by atoms with E-state index in [0.717, 1.165) is 0 Å². The minimum atomic E-state index is -0.731. The van der Waals surface area contributed by atoms with Crippen molar-refractivity contribution in [3.05, 3.63) is 29.8 Å². The van der Waals surface area contributed by atoms with Crippen LogP contribution in [-0.4, -0.2) is 29.8 Å². The smallest absolute Gasteiger partial charge is 0.344 e. The van der Waals surface area contributed by atoms with Gasteiger partial charge in [0.1, 0.15) is 11.4 Å². The Balaban J connectivity index is 2.56. The zero-order valence-corrected chi connectivity index (χ0v) is 11.6. The van der Waals surface area contributed by atoms with Crippen molar-refractivity contribution < 1.29 is 19.4 Å². The van der Waals surface area contributed by atoms with Crippen LogP contribution in [0.2, 0.25) is 0 Å². The van der Waals surface area contributed by atoms with Gasteiger partial charge in [0.25, 0.3) is 0 Å². The molecule has 1 aromatic rings. The number of aliphatic hydroxyl groups excluding tert-OH is 1. The van der Waals surface area contributed by atoms with Gasteiger partial charge in [0.2, 0.25) is 0 Å². The number of carbonyl (C=O) groups excluding carboxylic acids is 1. The number of carbonyl (C=O) groups is 1. The molecule has 1 aromatic carbocycles. The maximum absolute atomic E-state index is 11.5. The number of aliphatic hydroxyl groups is 1. The Morgan fingerprint density at radius 3 is 2.68 bits per heavy atom. The quantitative estimate of drug-likeness (QED) is 0.788. The number of nitrogens with two attached hydrogens (primary N) is 1. The maximum Gasteiger partial charge on any atom is 0.344 e. The fourth-order valence-electron chi connectivity index (χ4n) is 1.46. The summed E-state index contributed by atoms with van der Waals surface area (Å²) in [5, 5.41) is 9.61. The molecule has 0 aliphatic rings. The van der Waals surface area contributed by atoms with E-state index >= 15 is 0 Å². The molecule has 0 radical (unpaired) electrons. The Kier molecular flexibility index (Phi) is 5.32. The third-order valence-corrected chi connectivity index (χ3v) is 2.24. The van der Waals surface area contributed by atoms with E-state index < -0.39 is 17.7 Å². The molecule has 3 N–H and O–H groups in total. The lowest BCUT2D eigenvalue weighted by Crippen LogP contribution is -2.27. The lowest BCUT2D eigenvalue weighted by molar-refractivity contribution is -0.157. The summed E-state index contributed by atoms with van der Waals surface area (Å²) in [6.45, 7) is 5.35. The number of benzene rings is 1. The van der Waals surface area contributed by atoms with Gasteiger partial charge in [0.15, 0.2) is 6.61 Å². The lowest BCUT2D eigenvalue weighted by atomic mass is 10.1. The average molecular weight is 267 g/mol.